The van der Waals surface area contributed by atoms with Crippen molar-refractivity contribution in [3.05, 3.63) is 65.5 Å². The first kappa shape index (κ1) is 20.3. The molecule has 1 unspecified atom stereocenters. The van der Waals surface area contributed by atoms with E-state index in [2.05, 4.69) is 9.34 Å². The van der Waals surface area contributed by atoms with E-state index in [1.807, 2.05) is 36.0 Å². The number of amides is 1. The summed E-state index contributed by atoms with van der Waals surface area (Å²) in [6.07, 6.45) is 0. The molecular formula is C19H21Cl2FN3OP. The molecule has 3 rings (SSSR count). The minimum Gasteiger partial charge on any atom is -0.324 e. The number of nitrogens with zero attached hydrogens (tertiary/aromatic N) is 3. The number of hydrogen-bond donors (Lipinski definition) is 0. The first-order valence-electron chi connectivity index (χ1n) is 8.62. The van der Waals surface area contributed by atoms with Crippen molar-refractivity contribution in [2.45, 2.75) is 6.54 Å². The predicted molar refractivity (Wildman–Crippen MR) is 111 cm³/mol. The summed E-state index contributed by atoms with van der Waals surface area (Å²) >= 11 is 12.0. The van der Waals surface area contributed by atoms with Crippen molar-refractivity contribution in [1.29, 1.82) is 0 Å². The summed E-state index contributed by atoms with van der Waals surface area (Å²) in [6, 6.07) is 13.8. The van der Waals surface area contributed by atoms with Gasteiger partial charge >= 0.3 is 0 Å². The molecule has 0 saturated carbocycles. The van der Waals surface area contributed by atoms with E-state index < -0.39 is 8.37 Å². The highest BCUT2D eigenvalue weighted by Gasteiger charge is 2.39. The van der Waals surface area contributed by atoms with Gasteiger partial charge in [-0.15, -0.1) is 23.2 Å². The van der Waals surface area contributed by atoms with Gasteiger partial charge in [-0.2, -0.15) is 0 Å². The van der Waals surface area contributed by atoms with Crippen LogP contribution < -0.4 is 4.67 Å². The summed E-state index contributed by atoms with van der Waals surface area (Å²) in [6.45, 7) is 1.64. The van der Waals surface area contributed by atoms with Crippen LogP contribution in [0.3, 0.4) is 0 Å². The van der Waals surface area contributed by atoms with Gasteiger partial charge in [0.2, 0.25) is 0 Å². The van der Waals surface area contributed by atoms with Crippen molar-refractivity contribution in [3.63, 3.8) is 0 Å². The van der Waals surface area contributed by atoms with Crippen LogP contribution in [0.15, 0.2) is 48.5 Å². The lowest BCUT2D eigenvalue weighted by Crippen LogP contribution is -2.44. The van der Waals surface area contributed by atoms with E-state index in [1.54, 1.807) is 12.1 Å². The van der Waals surface area contributed by atoms with E-state index in [1.165, 1.54) is 12.1 Å². The smallest absolute Gasteiger partial charge is 0.261 e. The summed E-state index contributed by atoms with van der Waals surface area (Å²) in [5.41, 5.74) is 2.44. The van der Waals surface area contributed by atoms with E-state index in [4.69, 9.17) is 23.2 Å². The lowest BCUT2D eigenvalue weighted by molar-refractivity contribution is 0.0848. The van der Waals surface area contributed by atoms with E-state index in [9.17, 15) is 9.18 Å². The molecule has 0 bridgehead atoms. The molecule has 1 atom stereocenters. The Morgan fingerprint density at radius 1 is 1.04 bits per heavy atom. The Labute approximate surface area is 170 Å². The molecule has 0 aromatic heterocycles. The van der Waals surface area contributed by atoms with Gasteiger partial charge in [0.1, 0.15) is 5.82 Å². The number of benzene rings is 2. The second-order valence-corrected chi connectivity index (χ2v) is 9.07. The minimum atomic E-state index is -1.14. The molecule has 0 radical (unpaired) electrons. The molecule has 0 N–H and O–H groups in total. The summed E-state index contributed by atoms with van der Waals surface area (Å²) in [5.74, 6) is 0.570. The Morgan fingerprint density at radius 3 is 2.30 bits per heavy atom. The second-order valence-electron chi connectivity index (χ2n) is 6.13. The molecular weight excluding hydrogens is 407 g/mol. The average Bonchev–Trinajstić information content (AvgIpc) is 2.68. The normalized spacial score (nSPS) is 16.8. The Hall–Kier alpha value is -1.39. The van der Waals surface area contributed by atoms with Gasteiger partial charge in [-0.3, -0.25) is 9.46 Å². The number of carbonyl (C=O) groups is 1. The lowest BCUT2D eigenvalue weighted by Gasteiger charge is -2.47. The third-order valence-electron chi connectivity index (χ3n) is 4.39. The van der Waals surface area contributed by atoms with Crippen molar-refractivity contribution >= 4 is 43.2 Å². The van der Waals surface area contributed by atoms with Gasteiger partial charge in [0, 0.05) is 31.9 Å². The highest BCUT2D eigenvalue weighted by molar-refractivity contribution is 7.55. The highest BCUT2D eigenvalue weighted by Crippen LogP contribution is 2.54. The number of halogens is 3. The maximum absolute atomic E-state index is 13.3. The molecule has 0 saturated heterocycles. The monoisotopic (exact) mass is 427 g/mol. The second kappa shape index (κ2) is 9.20. The van der Waals surface area contributed by atoms with Crippen LogP contribution in [0.2, 0.25) is 0 Å². The SMILES string of the molecule is CN1c2ccccc2C(=O)N(Cc2ccc(F)cc2)P1N(CCCl)CCCl. The molecule has 0 aliphatic carbocycles. The van der Waals surface area contributed by atoms with Gasteiger partial charge in [-0.05, 0) is 29.8 Å². The van der Waals surface area contributed by atoms with E-state index in [0.717, 1.165) is 11.3 Å². The number of para-hydroxylation sites is 1. The lowest BCUT2D eigenvalue weighted by atomic mass is 10.1. The number of hydrogen-bond acceptors (Lipinski definition) is 3. The summed E-state index contributed by atoms with van der Waals surface area (Å²) < 4.78 is 19.4. The molecule has 0 fully saturated rings. The zero-order valence-corrected chi connectivity index (χ0v) is 17.4. The topological polar surface area (TPSA) is 26.8 Å². The summed E-state index contributed by atoms with van der Waals surface area (Å²) in [4.78, 5) is 13.3. The Bertz CT molecular complexity index is 787. The van der Waals surface area contributed by atoms with Crippen LogP contribution in [0.25, 0.3) is 0 Å². The van der Waals surface area contributed by atoms with Crippen LogP contribution in [0.1, 0.15) is 15.9 Å². The molecule has 1 heterocycles. The van der Waals surface area contributed by atoms with Gasteiger partial charge in [0.05, 0.1) is 17.8 Å². The quantitative estimate of drug-likeness (QED) is 0.463. The van der Waals surface area contributed by atoms with Crippen LogP contribution in [0.4, 0.5) is 10.1 Å². The van der Waals surface area contributed by atoms with Crippen LogP contribution in [0, 0.1) is 5.82 Å². The zero-order chi connectivity index (χ0) is 19.4. The van der Waals surface area contributed by atoms with E-state index in [-0.39, 0.29) is 11.7 Å². The Kier molecular flexibility index (Phi) is 6.93. The molecule has 4 nitrogen and oxygen atoms in total. The fourth-order valence-corrected chi connectivity index (χ4v) is 6.28. The van der Waals surface area contributed by atoms with Crippen molar-refractivity contribution in [2.75, 3.05) is 36.6 Å². The third kappa shape index (κ3) is 4.38. The highest BCUT2D eigenvalue weighted by atomic mass is 35.5. The standard InChI is InChI=1S/C19H21Cl2FN3OP/c1-23-18-5-3-2-4-17(18)19(26)25(14-15-6-8-16(22)9-7-15)27(23)24(12-10-20)13-11-21/h2-9H,10-14H2,1H3. The summed E-state index contributed by atoms with van der Waals surface area (Å²) in [7, 11) is 0.849. The van der Waals surface area contributed by atoms with Crippen LogP contribution >= 0.6 is 31.6 Å². The minimum absolute atomic E-state index is 0.0340. The third-order valence-corrected chi connectivity index (χ3v) is 7.14. The molecule has 2 aromatic carbocycles. The fourth-order valence-electron chi connectivity index (χ4n) is 3.14. The predicted octanol–water partition coefficient (Wildman–Crippen LogP) is 4.92. The first-order valence-corrected chi connectivity index (χ1v) is 10.9. The number of anilines is 1. The zero-order valence-electron chi connectivity index (χ0n) is 15.0. The van der Waals surface area contributed by atoms with Crippen molar-refractivity contribution in [3.8, 4) is 0 Å². The van der Waals surface area contributed by atoms with Gasteiger partial charge in [0.15, 0.2) is 8.37 Å². The van der Waals surface area contributed by atoms with E-state index in [0.29, 0.717) is 37.0 Å². The van der Waals surface area contributed by atoms with Crippen LogP contribution in [-0.4, -0.2) is 47.1 Å². The van der Waals surface area contributed by atoms with Gasteiger partial charge in [-0.25, -0.2) is 9.06 Å². The molecule has 0 spiro atoms. The Balaban J connectivity index is 2.01. The van der Waals surface area contributed by atoms with Crippen LogP contribution in [-0.2, 0) is 6.54 Å². The average molecular weight is 428 g/mol. The van der Waals surface area contributed by atoms with Crippen molar-refractivity contribution < 1.29 is 9.18 Å². The number of alkyl halides is 2. The molecule has 1 aliphatic heterocycles. The number of rotatable bonds is 7. The molecule has 144 valence electrons. The fraction of sp³-hybridized carbons (Fsp3) is 0.316. The number of carbonyl (C=O) groups excluding carboxylic acids is 1. The molecule has 2 aromatic rings. The maximum Gasteiger partial charge on any atom is 0.261 e. The molecule has 8 heteroatoms. The van der Waals surface area contributed by atoms with E-state index >= 15 is 0 Å². The molecule has 1 aliphatic rings. The first-order chi connectivity index (χ1) is 13.1. The van der Waals surface area contributed by atoms with Crippen molar-refractivity contribution in [2.24, 2.45) is 0 Å². The largest absolute Gasteiger partial charge is 0.324 e. The van der Waals surface area contributed by atoms with Gasteiger partial charge < -0.3 is 4.67 Å². The molecule has 1 amide bonds. The molecule has 27 heavy (non-hydrogen) atoms. The maximum atomic E-state index is 13.3. The van der Waals surface area contributed by atoms with Crippen molar-refractivity contribution in [1.82, 2.24) is 9.34 Å². The Morgan fingerprint density at radius 2 is 1.67 bits per heavy atom. The van der Waals surface area contributed by atoms with Gasteiger partial charge in [-0.1, -0.05) is 24.3 Å². The number of fused-ring (bicyclic) bond motifs is 1. The van der Waals surface area contributed by atoms with Gasteiger partial charge in [0.25, 0.3) is 5.91 Å². The van der Waals surface area contributed by atoms with Crippen LogP contribution in [0.5, 0.6) is 0 Å². The summed E-state index contributed by atoms with van der Waals surface area (Å²) in [5, 5.41) is 0.